The minimum Gasteiger partial charge on any atom is -0.473 e. The number of alkyl halides is 3. The Bertz CT molecular complexity index is 1320. The summed E-state index contributed by atoms with van der Waals surface area (Å²) in [5.74, 6) is -0.140. The van der Waals surface area contributed by atoms with Gasteiger partial charge in [-0.05, 0) is 34.9 Å². The number of ether oxygens (including phenoxy) is 3. The molecule has 176 valence electrons. The van der Waals surface area contributed by atoms with Gasteiger partial charge in [-0.2, -0.15) is 10.2 Å². The van der Waals surface area contributed by atoms with Crippen molar-refractivity contribution in [1.82, 2.24) is 4.98 Å². The molecule has 1 heterocycles. The fourth-order valence-electron chi connectivity index (χ4n) is 3.28. The van der Waals surface area contributed by atoms with Crippen LogP contribution in [0.25, 0.3) is 11.1 Å². The lowest BCUT2D eigenvalue weighted by Crippen LogP contribution is -2.17. The largest absolute Gasteiger partial charge is 0.573 e. The van der Waals surface area contributed by atoms with Crippen LogP contribution >= 0.6 is 0 Å². The molecule has 0 aliphatic carbocycles. The maximum absolute atomic E-state index is 12.9. The zero-order chi connectivity index (χ0) is 24.7. The van der Waals surface area contributed by atoms with Crippen LogP contribution in [-0.4, -0.2) is 11.3 Å². The Balaban J connectivity index is 1.66. The summed E-state index contributed by atoms with van der Waals surface area (Å²) in [6.45, 7) is 0.469. The van der Waals surface area contributed by atoms with Crippen LogP contribution in [0.5, 0.6) is 17.5 Å². The molecule has 1 aromatic heterocycles. The zero-order valence-electron chi connectivity index (χ0n) is 18.3. The second-order valence-corrected chi connectivity index (χ2v) is 7.42. The summed E-state index contributed by atoms with van der Waals surface area (Å²) in [5, 5.41) is 9.18. The highest BCUT2D eigenvalue weighted by atomic mass is 19.4. The van der Waals surface area contributed by atoms with Crippen molar-refractivity contribution in [3.8, 4) is 34.7 Å². The lowest BCUT2D eigenvalue weighted by atomic mass is 10.0. The van der Waals surface area contributed by atoms with Crippen LogP contribution in [-0.2, 0) is 13.2 Å². The molecule has 0 amide bonds. The Kier molecular flexibility index (Phi) is 7.17. The van der Waals surface area contributed by atoms with Gasteiger partial charge < -0.3 is 14.2 Å². The maximum Gasteiger partial charge on any atom is 0.573 e. The molecule has 0 saturated heterocycles. The normalized spacial score (nSPS) is 10.9. The summed E-state index contributed by atoms with van der Waals surface area (Å²) >= 11 is 0. The average Bonchev–Trinajstić information content (AvgIpc) is 2.86. The van der Waals surface area contributed by atoms with Crippen LogP contribution in [0.2, 0.25) is 0 Å². The molecule has 35 heavy (non-hydrogen) atoms. The number of nitriles is 1. The van der Waals surface area contributed by atoms with Gasteiger partial charge in [-0.15, -0.1) is 13.2 Å². The van der Waals surface area contributed by atoms with E-state index in [1.54, 1.807) is 18.2 Å². The number of pyridine rings is 1. The van der Waals surface area contributed by atoms with Gasteiger partial charge in [-0.3, -0.25) is 0 Å². The van der Waals surface area contributed by atoms with E-state index in [-0.39, 0.29) is 24.7 Å². The molecule has 0 N–H and O–H groups in total. The molecular formula is C27H19F3N2O3. The third-order valence-electron chi connectivity index (χ3n) is 4.92. The molecule has 4 aromatic rings. The summed E-state index contributed by atoms with van der Waals surface area (Å²) in [5.41, 5.74) is 2.36. The Hall–Kier alpha value is -4.51. The summed E-state index contributed by atoms with van der Waals surface area (Å²) < 4.78 is 54.4. The second-order valence-electron chi connectivity index (χ2n) is 7.42. The molecule has 4 rings (SSSR count). The Labute approximate surface area is 200 Å². The van der Waals surface area contributed by atoms with Crippen molar-refractivity contribution in [2.24, 2.45) is 0 Å². The van der Waals surface area contributed by atoms with Gasteiger partial charge in [0.1, 0.15) is 25.0 Å². The van der Waals surface area contributed by atoms with Crippen molar-refractivity contribution < 1.29 is 27.4 Å². The molecule has 0 fully saturated rings. The van der Waals surface area contributed by atoms with E-state index in [9.17, 15) is 18.4 Å². The first-order valence-electron chi connectivity index (χ1n) is 10.6. The summed E-state index contributed by atoms with van der Waals surface area (Å²) in [6.07, 6.45) is -4.94. The quantitative estimate of drug-likeness (QED) is 0.284. The second kappa shape index (κ2) is 10.6. The predicted octanol–water partition coefficient (Wildman–Crippen LogP) is 6.68. The van der Waals surface area contributed by atoms with E-state index in [4.69, 9.17) is 9.47 Å². The van der Waals surface area contributed by atoms with Gasteiger partial charge in [0.25, 0.3) is 0 Å². The molecule has 0 spiro atoms. The molecule has 0 saturated carbocycles. The van der Waals surface area contributed by atoms with E-state index in [2.05, 4.69) is 9.72 Å². The van der Waals surface area contributed by atoms with Crippen LogP contribution in [0.1, 0.15) is 16.7 Å². The van der Waals surface area contributed by atoms with Gasteiger partial charge in [0.15, 0.2) is 0 Å². The van der Waals surface area contributed by atoms with Gasteiger partial charge in [-0.25, -0.2) is 0 Å². The minimum atomic E-state index is -4.94. The van der Waals surface area contributed by atoms with Gasteiger partial charge >= 0.3 is 6.36 Å². The third kappa shape index (κ3) is 6.51. The first-order valence-corrected chi connectivity index (χ1v) is 10.6. The first-order chi connectivity index (χ1) is 16.9. The molecule has 0 unspecified atom stereocenters. The van der Waals surface area contributed by atoms with Crippen LogP contribution < -0.4 is 14.2 Å². The number of rotatable bonds is 8. The summed E-state index contributed by atoms with van der Waals surface area (Å²) in [6, 6.07) is 27.8. The Morgan fingerprint density at radius 1 is 0.771 bits per heavy atom. The summed E-state index contributed by atoms with van der Waals surface area (Å²) in [4.78, 5) is 4.45. The zero-order valence-corrected chi connectivity index (χ0v) is 18.3. The smallest absolute Gasteiger partial charge is 0.473 e. The van der Waals surface area contributed by atoms with Crippen molar-refractivity contribution in [1.29, 1.82) is 5.26 Å². The van der Waals surface area contributed by atoms with Crippen LogP contribution in [0.15, 0.2) is 91.0 Å². The number of halogens is 3. The first kappa shape index (κ1) is 23.6. The number of hydrogen-bond donors (Lipinski definition) is 0. The molecule has 3 aromatic carbocycles. The van der Waals surface area contributed by atoms with Gasteiger partial charge in [0.05, 0.1) is 5.56 Å². The van der Waals surface area contributed by atoms with E-state index in [1.165, 1.54) is 12.1 Å². The molecule has 0 radical (unpaired) electrons. The number of benzene rings is 3. The summed E-state index contributed by atoms with van der Waals surface area (Å²) in [7, 11) is 0. The van der Waals surface area contributed by atoms with Crippen molar-refractivity contribution >= 4 is 0 Å². The maximum atomic E-state index is 12.9. The van der Waals surface area contributed by atoms with Gasteiger partial charge in [-0.1, -0.05) is 66.7 Å². The van der Waals surface area contributed by atoms with Gasteiger partial charge in [0, 0.05) is 11.6 Å². The lowest BCUT2D eigenvalue weighted by molar-refractivity contribution is -0.274. The van der Waals surface area contributed by atoms with E-state index in [0.29, 0.717) is 17.0 Å². The third-order valence-corrected chi connectivity index (χ3v) is 4.92. The standard InChI is InChI=1S/C27H19F3N2O3/c28-27(29,30)35-24-15-21(11-12-22(24)16-31)23-13-14-25(33-17-19-7-3-1-4-8-19)32-26(23)34-18-20-9-5-2-6-10-20/h1-15H,17-18H2. The number of nitrogens with zero attached hydrogens (tertiary/aromatic N) is 2. The Morgan fingerprint density at radius 3 is 2.00 bits per heavy atom. The highest BCUT2D eigenvalue weighted by Crippen LogP contribution is 2.36. The molecule has 0 atom stereocenters. The van der Waals surface area contributed by atoms with Crippen molar-refractivity contribution in [3.05, 3.63) is 108 Å². The monoisotopic (exact) mass is 476 g/mol. The predicted molar refractivity (Wildman–Crippen MR) is 123 cm³/mol. The fourth-order valence-corrected chi connectivity index (χ4v) is 3.28. The molecule has 0 aliphatic heterocycles. The minimum absolute atomic E-state index is 0.169. The van der Waals surface area contributed by atoms with Crippen LogP contribution in [0.3, 0.4) is 0 Å². The van der Waals surface area contributed by atoms with Crippen molar-refractivity contribution in [3.63, 3.8) is 0 Å². The topological polar surface area (TPSA) is 64.4 Å². The van der Waals surface area contributed by atoms with Crippen molar-refractivity contribution in [2.45, 2.75) is 19.6 Å². The average molecular weight is 476 g/mol. The molecule has 8 heteroatoms. The van der Waals surface area contributed by atoms with E-state index >= 15 is 0 Å². The SMILES string of the molecule is N#Cc1ccc(-c2ccc(OCc3ccccc3)nc2OCc2ccccc2)cc1OC(F)(F)F. The van der Waals surface area contributed by atoms with E-state index in [1.807, 2.05) is 60.7 Å². The fraction of sp³-hybridized carbons (Fsp3) is 0.111. The molecule has 5 nitrogen and oxygen atoms in total. The molecule has 0 aliphatic rings. The lowest BCUT2D eigenvalue weighted by Gasteiger charge is -2.15. The number of hydrogen-bond acceptors (Lipinski definition) is 5. The van der Waals surface area contributed by atoms with Gasteiger partial charge in [0.2, 0.25) is 11.8 Å². The molecular weight excluding hydrogens is 457 g/mol. The van der Waals surface area contributed by atoms with Crippen LogP contribution in [0.4, 0.5) is 13.2 Å². The van der Waals surface area contributed by atoms with Crippen molar-refractivity contribution in [2.75, 3.05) is 0 Å². The van der Waals surface area contributed by atoms with Crippen LogP contribution in [0, 0.1) is 11.3 Å². The van der Waals surface area contributed by atoms with E-state index in [0.717, 1.165) is 17.2 Å². The molecule has 0 bridgehead atoms. The van der Waals surface area contributed by atoms with E-state index < -0.39 is 12.1 Å². The Morgan fingerprint density at radius 2 is 1.40 bits per heavy atom. The highest BCUT2D eigenvalue weighted by Gasteiger charge is 2.32. The highest BCUT2D eigenvalue weighted by molar-refractivity contribution is 5.71. The number of aromatic nitrogens is 1.